The summed E-state index contributed by atoms with van der Waals surface area (Å²) >= 11 is 5.99. The quantitative estimate of drug-likeness (QED) is 0.852. The summed E-state index contributed by atoms with van der Waals surface area (Å²) in [5.41, 5.74) is 1.81. The maximum atomic E-state index is 12.4. The molecule has 1 aromatic carbocycles. The van der Waals surface area contributed by atoms with Crippen LogP contribution in [0.1, 0.15) is 24.8 Å². The number of likely N-dealkylation sites (tertiary alicyclic amines) is 1. The molecular formula is C18H19ClN2O3. The van der Waals surface area contributed by atoms with Crippen LogP contribution >= 0.6 is 11.6 Å². The SMILES string of the molecule is Cc1ccc(NC(=O)CCN2C(=O)C3CC=C(Cl)CC3C2=O)cc1. The van der Waals surface area contributed by atoms with Crippen molar-refractivity contribution in [3.05, 3.63) is 40.9 Å². The predicted molar refractivity (Wildman–Crippen MR) is 91.3 cm³/mol. The Hall–Kier alpha value is -2.14. The first-order valence-corrected chi connectivity index (χ1v) is 8.40. The van der Waals surface area contributed by atoms with Crippen molar-refractivity contribution in [2.75, 3.05) is 11.9 Å². The number of aryl methyl sites for hydroxylation is 1. The minimum absolute atomic E-state index is 0.0892. The molecule has 2 atom stereocenters. The fraction of sp³-hybridized carbons (Fsp3) is 0.389. The summed E-state index contributed by atoms with van der Waals surface area (Å²) in [6, 6.07) is 7.46. The minimum Gasteiger partial charge on any atom is -0.326 e. The van der Waals surface area contributed by atoms with Gasteiger partial charge in [0.25, 0.3) is 0 Å². The van der Waals surface area contributed by atoms with Crippen LogP contribution in [0.3, 0.4) is 0 Å². The van der Waals surface area contributed by atoms with E-state index in [1.54, 1.807) is 0 Å². The highest BCUT2D eigenvalue weighted by Crippen LogP contribution is 2.38. The normalized spacial score (nSPS) is 23.1. The molecule has 24 heavy (non-hydrogen) atoms. The number of carbonyl (C=O) groups excluding carboxylic acids is 3. The lowest BCUT2D eigenvalue weighted by molar-refractivity contribution is -0.140. The summed E-state index contributed by atoms with van der Waals surface area (Å²) in [7, 11) is 0. The lowest BCUT2D eigenvalue weighted by Crippen LogP contribution is -2.34. The Bertz CT molecular complexity index is 711. The number of hydrogen-bond acceptors (Lipinski definition) is 3. The fourth-order valence-corrected chi connectivity index (χ4v) is 3.45. The number of benzene rings is 1. The molecule has 2 aliphatic rings. The Morgan fingerprint density at radius 1 is 1.21 bits per heavy atom. The molecule has 2 unspecified atom stereocenters. The maximum Gasteiger partial charge on any atom is 0.233 e. The van der Waals surface area contributed by atoms with Crippen LogP contribution in [-0.2, 0) is 14.4 Å². The van der Waals surface area contributed by atoms with Gasteiger partial charge in [-0.15, -0.1) is 0 Å². The molecule has 5 nitrogen and oxygen atoms in total. The number of halogens is 1. The Labute approximate surface area is 145 Å². The molecule has 0 radical (unpaired) electrons. The van der Waals surface area contributed by atoms with Crippen molar-refractivity contribution >= 4 is 35.0 Å². The van der Waals surface area contributed by atoms with Crippen molar-refractivity contribution in [2.24, 2.45) is 11.8 Å². The first kappa shape index (κ1) is 16.7. The molecule has 0 saturated carbocycles. The maximum absolute atomic E-state index is 12.4. The van der Waals surface area contributed by atoms with E-state index >= 15 is 0 Å². The zero-order valence-corrected chi connectivity index (χ0v) is 14.2. The molecule has 3 amide bonds. The van der Waals surface area contributed by atoms with Gasteiger partial charge in [0.05, 0.1) is 11.8 Å². The highest BCUT2D eigenvalue weighted by molar-refractivity contribution is 6.30. The van der Waals surface area contributed by atoms with E-state index in [0.717, 1.165) is 5.56 Å². The van der Waals surface area contributed by atoms with Gasteiger partial charge in [-0.3, -0.25) is 19.3 Å². The minimum atomic E-state index is -0.366. The number of fused-ring (bicyclic) bond motifs is 1. The molecule has 1 saturated heterocycles. The zero-order chi connectivity index (χ0) is 17.3. The van der Waals surface area contributed by atoms with Gasteiger partial charge in [0.15, 0.2) is 0 Å². The number of allylic oxidation sites excluding steroid dienone is 2. The van der Waals surface area contributed by atoms with Crippen LogP contribution in [0.4, 0.5) is 5.69 Å². The second-order valence-corrected chi connectivity index (χ2v) is 6.78. The summed E-state index contributed by atoms with van der Waals surface area (Å²) in [6.07, 6.45) is 2.82. The van der Waals surface area contributed by atoms with Crippen LogP contribution in [0.5, 0.6) is 0 Å². The van der Waals surface area contributed by atoms with Gasteiger partial charge >= 0.3 is 0 Å². The molecule has 1 heterocycles. The predicted octanol–water partition coefficient (Wildman–Crippen LogP) is 2.84. The molecule has 126 valence electrons. The average molecular weight is 347 g/mol. The molecule has 0 aromatic heterocycles. The van der Waals surface area contributed by atoms with Gasteiger partial charge in [-0.25, -0.2) is 0 Å². The fourth-order valence-electron chi connectivity index (χ4n) is 3.19. The number of carbonyl (C=O) groups is 3. The highest BCUT2D eigenvalue weighted by Gasteiger charge is 2.48. The topological polar surface area (TPSA) is 66.5 Å². The molecule has 1 fully saturated rings. The number of nitrogens with zero attached hydrogens (tertiary/aromatic N) is 1. The number of rotatable bonds is 4. The number of hydrogen-bond donors (Lipinski definition) is 1. The first-order valence-electron chi connectivity index (χ1n) is 8.02. The van der Waals surface area contributed by atoms with Crippen molar-refractivity contribution < 1.29 is 14.4 Å². The lowest BCUT2D eigenvalue weighted by Gasteiger charge is -2.17. The number of amides is 3. The largest absolute Gasteiger partial charge is 0.326 e. The third-order valence-electron chi connectivity index (χ3n) is 4.56. The van der Waals surface area contributed by atoms with Crippen molar-refractivity contribution in [2.45, 2.75) is 26.2 Å². The van der Waals surface area contributed by atoms with Crippen molar-refractivity contribution in [3.63, 3.8) is 0 Å². The summed E-state index contributed by atoms with van der Waals surface area (Å²) in [5, 5.41) is 3.41. The summed E-state index contributed by atoms with van der Waals surface area (Å²) in [4.78, 5) is 38.0. The first-order chi connectivity index (χ1) is 11.5. The van der Waals surface area contributed by atoms with Gasteiger partial charge in [-0.2, -0.15) is 0 Å². The zero-order valence-electron chi connectivity index (χ0n) is 13.4. The van der Waals surface area contributed by atoms with Gasteiger partial charge in [-0.1, -0.05) is 35.4 Å². The lowest BCUT2D eigenvalue weighted by atomic mass is 9.85. The summed E-state index contributed by atoms with van der Waals surface area (Å²) in [5.74, 6) is -1.30. The van der Waals surface area contributed by atoms with E-state index in [4.69, 9.17) is 11.6 Å². The van der Waals surface area contributed by atoms with Crippen LogP contribution in [0.25, 0.3) is 0 Å². The molecule has 1 aromatic rings. The molecular weight excluding hydrogens is 328 g/mol. The molecule has 6 heteroatoms. The van der Waals surface area contributed by atoms with E-state index in [-0.39, 0.29) is 42.5 Å². The molecule has 1 aliphatic carbocycles. The molecule has 1 aliphatic heterocycles. The van der Waals surface area contributed by atoms with Crippen LogP contribution in [-0.4, -0.2) is 29.2 Å². The third-order valence-corrected chi connectivity index (χ3v) is 4.87. The molecule has 1 N–H and O–H groups in total. The van der Waals surface area contributed by atoms with Gasteiger partial charge in [-0.05, 0) is 31.9 Å². The van der Waals surface area contributed by atoms with Gasteiger partial charge in [0.1, 0.15) is 0 Å². The van der Waals surface area contributed by atoms with E-state index in [2.05, 4.69) is 5.32 Å². The third kappa shape index (κ3) is 3.36. The highest BCUT2D eigenvalue weighted by atomic mass is 35.5. The van der Waals surface area contributed by atoms with E-state index in [9.17, 15) is 14.4 Å². The van der Waals surface area contributed by atoms with Crippen LogP contribution in [0.15, 0.2) is 35.4 Å². The Balaban J connectivity index is 1.57. The second kappa shape index (κ2) is 6.77. The standard InChI is InChI=1S/C18H19ClN2O3/c1-11-2-5-13(6-3-11)20-16(22)8-9-21-17(23)14-7-4-12(19)10-15(14)18(21)24/h2-6,14-15H,7-10H2,1H3,(H,20,22). The Kier molecular flexibility index (Phi) is 4.71. The van der Waals surface area contributed by atoms with Crippen molar-refractivity contribution in [3.8, 4) is 0 Å². The van der Waals surface area contributed by atoms with E-state index in [1.807, 2.05) is 37.3 Å². The Morgan fingerprint density at radius 3 is 2.58 bits per heavy atom. The number of nitrogens with one attached hydrogen (secondary N) is 1. The molecule has 3 rings (SSSR count). The van der Waals surface area contributed by atoms with Crippen LogP contribution < -0.4 is 5.32 Å². The molecule has 0 spiro atoms. The Morgan fingerprint density at radius 2 is 1.88 bits per heavy atom. The average Bonchev–Trinajstić information content (AvgIpc) is 2.78. The van der Waals surface area contributed by atoms with E-state index in [1.165, 1.54) is 4.90 Å². The van der Waals surface area contributed by atoms with Crippen LogP contribution in [0.2, 0.25) is 0 Å². The smallest absolute Gasteiger partial charge is 0.233 e. The van der Waals surface area contributed by atoms with Gasteiger partial charge < -0.3 is 5.32 Å². The van der Waals surface area contributed by atoms with E-state index in [0.29, 0.717) is 23.6 Å². The van der Waals surface area contributed by atoms with Crippen molar-refractivity contribution in [1.29, 1.82) is 0 Å². The number of anilines is 1. The number of imide groups is 1. The monoisotopic (exact) mass is 346 g/mol. The van der Waals surface area contributed by atoms with Crippen LogP contribution in [0, 0.1) is 18.8 Å². The summed E-state index contributed by atoms with van der Waals surface area (Å²) in [6.45, 7) is 2.08. The molecule has 0 bridgehead atoms. The van der Waals surface area contributed by atoms with Crippen molar-refractivity contribution in [1.82, 2.24) is 4.90 Å². The van der Waals surface area contributed by atoms with Gasteiger partial charge in [0.2, 0.25) is 17.7 Å². The summed E-state index contributed by atoms with van der Waals surface area (Å²) < 4.78 is 0. The van der Waals surface area contributed by atoms with E-state index < -0.39 is 0 Å². The second-order valence-electron chi connectivity index (χ2n) is 6.30. The van der Waals surface area contributed by atoms with Gasteiger partial charge in [0, 0.05) is 23.7 Å².